The van der Waals surface area contributed by atoms with E-state index in [0.717, 1.165) is 0 Å². The van der Waals surface area contributed by atoms with Crippen LogP contribution >= 0.6 is 10.5 Å². The Bertz CT molecular complexity index is 101. The number of hydrogen-bond donors (Lipinski definition) is 0. The van der Waals surface area contributed by atoms with E-state index in [1.165, 1.54) is 24.3 Å². The SMILES string of the molecule is C=S1CCC(OC)CC1. The minimum Gasteiger partial charge on any atom is -0.381 e. The second-order valence-electron chi connectivity index (χ2n) is 2.46. The fourth-order valence-electron chi connectivity index (χ4n) is 1.08. The lowest BCUT2D eigenvalue weighted by molar-refractivity contribution is 0.0960. The largest absolute Gasteiger partial charge is 0.381 e. The molecule has 1 heterocycles. The Balaban J connectivity index is 2.26. The third-order valence-corrected chi connectivity index (χ3v) is 3.42. The van der Waals surface area contributed by atoms with Crippen molar-refractivity contribution < 1.29 is 4.74 Å². The van der Waals surface area contributed by atoms with Crippen molar-refractivity contribution in [3.63, 3.8) is 0 Å². The molecule has 0 atom stereocenters. The van der Waals surface area contributed by atoms with Crippen molar-refractivity contribution in [2.24, 2.45) is 0 Å². The zero-order chi connectivity index (χ0) is 6.69. The summed E-state index contributed by atoms with van der Waals surface area (Å²) in [6.45, 7) is 0. The van der Waals surface area contributed by atoms with E-state index in [0.29, 0.717) is 16.6 Å². The molecule has 9 heavy (non-hydrogen) atoms. The maximum atomic E-state index is 5.22. The quantitative estimate of drug-likeness (QED) is 0.509. The average Bonchev–Trinajstić information content (AvgIpc) is 1.90. The van der Waals surface area contributed by atoms with Crippen molar-refractivity contribution in [2.75, 3.05) is 18.6 Å². The van der Waals surface area contributed by atoms with Gasteiger partial charge in [-0.2, -0.15) is 10.5 Å². The molecule has 0 aromatic heterocycles. The first-order valence-electron chi connectivity index (χ1n) is 3.33. The van der Waals surface area contributed by atoms with Crippen molar-refractivity contribution in [1.29, 1.82) is 0 Å². The summed E-state index contributed by atoms with van der Waals surface area (Å²) in [6.07, 6.45) is 2.99. The number of ether oxygens (including phenoxy) is 1. The molecular formula is C7H14OS. The van der Waals surface area contributed by atoms with E-state index in [2.05, 4.69) is 5.87 Å². The van der Waals surface area contributed by atoms with E-state index in [4.69, 9.17) is 4.74 Å². The van der Waals surface area contributed by atoms with Crippen LogP contribution in [0.15, 0.2) is 0 Å². The molecule has 1 fully saturated rings. The lowest BCUT2D eigenvalue weighted by Gasteiger charge is -2.22. The van der Waals surface area contributed by atoms with Gasteiger partial charge in [0.1, 0.15) is 0 Å². The van der Waals surface area contributed by atoms with E-state index < -0.39 is 0 Å². The molecule has 2 heteroatoms. The summed E-state index contributed by atoms with van der Waals surface area (Å²) in [7, 11) is 2.26. The van der Waals surface area contributed by atoms with Crippen LogP contribution in [0.4, 0.5) is 0 Å². The zero-order valence-electron chi connectivity index (χ0n) is 5.93. The Kier molecular flexibility index (Phi) is 2.73. The van der Waals surface area contributed by atoms with Gasteiger partial charge in [-0.25, -0.2) is 0 Å². The maximum Gasteiger partial charge on any atom is 0.0586 e. The van der Waals surface area contributed by atoms with Crippen LogP contribution in [-0.4, -0.2) is 30.6 Å². The van der Waals surface area contributed by atoms with Crippen LogP contribution in [0.1, 0.15) is 12.8 Å². The minimum atomic E-state index is 0.457. The Morgan fingerprint density at radius 2 is 2.00 bits per heavy atom. The molecule has 54 valence electrons. The lowest BCUT2D eigenvalue weighted by atomic mass is 10.2. The first-order chi connectivity index (χ1) is 4.33. The second kappa shape index (κ2) is 3.37. The fourth-order valence-corrected chi connectivity index (χ4v) is 2.47. The summed E-state index contributed by atoms with van der Waals surface area (Å²) >= 11 is 0. The molecule has 0 amide bonds. The summed E-state index contributed by atoms with van der Waals surface area (Å²) in [4.78, 5) is 0. The summed E-state index contributed by atoms with van der Waals surface area (Å²) in [5, 5.41) is 0. The number of hydrogen-bond acceptors (Lipinski definition) is 1. The van der Waals surface area contributed by atoms with Gasteiger partial charge in [-0.3, -0.25) is 0 Å². The first kappa shape index (κ1) is 7.29. The molecule has 0 saturated carbocycles. The van der Waals surface area contributed by atoms with Crippen molar-refractivity contribution in [2.45, 2.75) is 18.9 Å². The Hall–Kier alpha value is 0.180. The highest BCUT2D eigenvalue weighted by Gasteiger charge is 2.12. The molecule has 1 aliphatic heterocycles. The lowest BCUT2D eigenvalue weighted by Crippen LogP contribution is -2.18. The van der Waals surface area contributed by atoms with Gasteiger partial charge in [-0.1, -0.05) is 5.87 Å². The van der Waals surface area contributed by atoms with Crippen LogP contribution in [0.2, 0.25) is 0 Å². The van der Waals surface area contributed by atoms with Gasteiger partial charge in [0, 0.05) is 7.11 Å². The van der Waals surface area contributed by atoms with Gasteiger partial charge in [0.05, 0.1) is 6.10 Å². The molecular weight excluding hydrogens is 132 g/mol. The Labute approximate surface area is 59.3 Å². The average molecular weight is 146 g/mol. The highest BCUT2D eigenvalue weighted by molar-refractivity contribution is 8.14. The molecule has 0 radical (unpaired) electrons. The van der Waals surface area contributed by atoms with Gasteiger partial charge in [0.15, 0.2) is 0 Å². The Morgan fingerprint density at radius 3 is 2.44 bits per heavy atom. The molecule has 0 unspecified atom stereocenters. The van der Waals surface area contributed by atoms with Crippen LogP contribution in [0.25, 0.3) is 0 Å². The molecule has 0 bridgehead atoms. The third kappa shape index (κ3) is 2.11. The maximum absolute atomic E-state index is 5.22. The van der Waals surface area contributed by atoms with Crippen LogP contribution in [-0.2, 0) is 4.74 Å². The predicted octanol–water partition coefficient (Wildman–Crippen LogP) is 1.50. The molecule has 1 aliphatic rings. The molecule has 0 aromatic rings. The van der Waals surface area contributed by atoms with Gasteiger partial charge in [-0.05, 0) is 24.3 Å². The van der Waals surface area contributed by atoms with Crippen molar-refractivity contribution in [3.8, 4) is 0 Å². The normalized spacial score (nSPS) is 36.6. The highest BCUT2D eigenvalue weighted by atomic mass is 32.2. The summed E-state index contributed by atoms with van der Waals surface area (Å²) in [6, 6.07) is 0. The molecule has 1 saturated heterocycles. The molecule has 0 aromatic carbocycles. The third-order valence-electron chi connectivity index (χ3n) is 1.79. The molecule has 1 rings (SSSR count). The summed E-state index contributed by atoms with van der Waals surface area (Å²) in [5.74, 6) is 6.59. The minimum absolute atomic E-state index is 0.457. The van der Waals surface area contributed by atoms with Gasteiger partial charge in [-0.15, -0.1) is 0 Å². The predicted molar refractivity (Wildman–Crippen MR) is 44.5 cm³/mol. The van der Waals surface area contributed by atoms with Crippen molar-refractivity contribution in [3.05, 3.63) is 0 Å². The zero-order valence-corrected chi connectivity index (χ0v) is 6.75. The van der Waals surface area contributed by atoms with Gasteiger partial charge in [0.2, 0.25) is 0 Å². The van der Waals surface area contributed by atoms with Crippen molar-refractivity contribution >= 4 is 16.4 Å². The second-order valence-corrected chi connectivity index (χ2v) is 4.50. The summed E-state index contributed by atoms with van der Waals surface area (Å²) in [5.41, 5.74) is 0. The van der Waals surface area contributed by atoms with E-state index in [-0.39, 0.29) is 0 Å². The Morgan fingerprint density at radius 1 is 1.44 bits per heavy atom. The first-order valence-corrected chi connectivity index (χ1v) is 5.06. The van der Waals surface area contributed by atoms with Gasteiger partial charge in [0.25, 0.3) is 0 Å². The van der Waals surface area contributed by atoms with Crippen LogP contribution in [0.5, 0.6) is 0 Å². The molecule has 0 spiro atoms. The standard InChI is InChI=1S/C7H14OS/c1-8-7-3-5-9(2)6-4-7/h7H,2-6H2,1H3. The monoisotopic (exact) mass is 146 g/mol. The number of rotatable bonds is 1. The summed E-state index contributed by atoms with van der Waals surface area (Å²) < 4.78 is 5.22. The van der Waals surface area contributed by atoms with Crippen molar-refractivity contribution in [1.82, 2.24) is 0 Å². The van der Waals surface area contributed by atoms with Gasteiger partial charge < -0.3 is 4.74 Å². The smallest absolute Gasteiger partial charge is 0.0586 e. The fraction of sp³-hybridized carbons (Fsp3) is 0.857. The van der Waals surface area contributed by atoms with E-state index in [1.807, 2.05) is 0 Å². The highest BCUT2D eigenvalue weighted by Crippen LogP contribution is 2.23. The van der Waals surface area contributed by atoms with E-state index in [1.54, 1.807) is 7.11 Å². The van der Waals surface area contributed by atoms with E-state index >= 15 is 0 Å². The number of methoxy groups -OCH3 is 1. The van der Waals surface area contributed by atoms with Gasteiger partial charge >= 0.3 is 0 Å². The topological polar surface area (TPSA) is 9.23 Å². The van der Waals surface area contributed by atoms with Crippen LogP contribution in [0.3, 0.4) is 0 Å². The molecule has 0 aliphatic carbocycles. The van der Waals surface area contributed by atoms with Crippen LogP contribution < -0.4 is 0 Å². The van der Waals surface area contributed by atoms with E-state index in [9.17, 15) is 0 Å². The van der Waals surface area contributed by atoms with Crippen LogP contribution in [0, 0.1) is 0 Å². The molecule has 1 nitrogen and oxygen atoms in total. The molecule has 0 N–H and O–H groups in total.